The number of halogens is 4. The van der Waals surface area contributed by atoms with Crippen molar-refractivity contribution in [1.29, 1.82) is 0 Å². The van der Waals surface area contributed by atoms with Gasteiger partial charge in [-0.25, -0.2) is 0 Å². The zero-order chi connectivity index (χ0) is 22.0. The third-order valence-electron chi connectivity index (χ3n) is 6.36. The Morgan fingerprint density at radius 3 is 2.32 bits per heavy atom. The summed E-state index contributed by atoms with van der Waals surface area (Å²) in [6.07, 6.45) is -0.228. The average molecular weight is 451 g/mol. The Hall–Kier alpha value is -2.05. The van der Waals surface area contributed by atoms with Crippen molar-refractivity contribution in [2.24, 2.45) is 0 Å². The molecule has 0 spiro atoms. The third kappa shape index (κ3) is 5.24. The van der Waals surface area contributed by atoms with E-state index in [1.165, 1.54) is 18.9 Å². The van der Waals surface area contributed by atoms with E-state index in [9.17, 15) is 18.0 Å². The molecule has 0 aromatic heterocycles. The number of Topliss-reactive ketones (excluding diaryl/α,β-unsaturated/α-hetero) is 1. The van der Waals surface area contributed by atoms with Gasteiger partial charge in [-0.05, 0) is 68.6 Å². The van der Waals surface area contributed by atoms with Gasteiger partial charge in [0.1, 0.15) is 0 Å². The van der Waals surface area contributed by atoms with E-state index in [1.807, 2.05) is 4.90 Å². The Labute approximate surface area is 185 Å². The number of rotatable bonds is 5. The van der Waals surface area contributed by atoms with Crippen LogP contribution in [0.5, 0.6) is 0 Å². The molecule has 4 rings (SSSR count). The summed E-state index contributed by atoms with van der Waals surface area (Å²) >= 11 is 6.14. The van der Waals surface area contributed by atoms with Crippen molar-refractivity contribution in [2.45, 2.75) is 44.3 Å². The summed E-state index contributed by atoms with van der Waals surface area (Å²) in [5.74, 6) is -0.368. The van der Waals surface area contributed by atoms with E-state index < -0.39 is 11.7 Å². The number of nitrogens with zero attached hydrogens (tertiary/aromatic N) is 2. The van der Waals surface area contributed by atoms with Gasteiger partial charge in [0.05, 0.1) is 5.56 Å². The molecule has 166 valence electrons. The van der Waals surface area contributed by atoms with Crippen LogP contribution in [0, 0.1) is 0 Å². The van der Waals surface area contributed by atoms with Gasteiger partial charge in [-0.3, -0.25) is 4.79 Å². The summed E-state index contributed by atoms with van der Waals surface area (Å²) in [6, 6.07) is 11.1. The predicted molar refractivity (Wildman–Crippen MR) is 117 cm³/mol. The van der Waals surface area contributed by atoms with Gasteiger partial charge in [0.25, 0.3) is 0 Å². The molecule has 0 aliphatic carbocycles. The van der Waals surface area contributed by atoms with Crippen molar-refractivity contribution >= 4 is 23.1 Å². The summed E-state index contributed by atoms with van der Waals surface area (Å²) in [7, 11) is 0. The van der Waals surface area contributed by atoms with Crippen LogP contribution in [0.3, 0.4) is 0 Å². The van der Waals surface area contributed by atoms with E-state index in [2.05, 4.69) is 4.90 Å². The zero-order valence-electron chi connectivity index (χ0n) is 17.3. The van der Waals surface area contributed by atoms with Crippen molar-refractivity contribution in [3.63, 3.8) is 0 Å². The zero-order valence-corrected chi connectivity index (χ0v) is 18.1. The fourth-order valence-corrected chi connectivity index (χ4v) is 4.83. The molecule has 2 aliphatic heterocycles. The smallest absolute Gasteiger partial charge is 0.371 e. The van der Waals surface area contributed by atoms with Gasteiger partial charge < -0.3 is 9.80 Å². The standard InChI is InChI=1S/C24H26ClF3N2O/c25-22-6-2-1-5-17(22)15-23(31)18-13-19(24(26,27)28)16-21(14-18)30-11-7-20(8-12-30)29-9-3-4-10-29/h1-2,5-6,13-14,16,20H,3-4,7-12,15H2. The highest BCUT2D eigenvalue weighted by Gasteiger charge is 2.33. The lowest BCUT2D eigenvalue weighted by atomic mass is 9.98. The Morgan fingerprint density at radius 2 is 1.68 bits per heavy atom. The second-order valence-electron chi connectivity index (χ2n) is 8.42. The van der Waals surface area contributed by atoms with Crippen molar-refractivity contribution in [3.05, 3.63) is 64.2 Å². The van der Waals surface area contributed by atoms with Crippen LogP contribution in [-0.4, -0.2) is 42.9 Å². The molecular weight excluding hydrogens is 425 g/mol. The lowest BCUT2D eigenvalue weighted by molar-refractivity contribution is -0.137. The summed E-state index contributed by atoms with van der Waals surface area (Å²) in [6.45, 7) is 3.63. The first-order valence-electron chi connectivity index (χ1n) is 10.8. The molecule has 2 aromatic carbocycles. The normalized spacial score (nSPS) is 18.5. The number of hydrogen-bond acceptors (Lipinski definition) is 3. The van der Waals surface area contributed by atoms with Gasteiger partial charge in [0.2, 0.25) is 0 Å². The Bertz CT molecular complexity index is 933. The van der Waals surface area contributed by atoms with E-state index in [1.54, 1.807) is 30.3 Å². The fourth-order valence-electron chi connectivity index (χ4n) is 4.63. The number of anilines is 1. The van der Waals surface area contributed by atoms with E-state index in [4.69, 9.17) is 11.6 Å². The minimum atomic E-state index is -4.51. The summed E-state index contributed by atoms with van der Waals surface area (Å²) in [5, 5.41) is 0.437. The molecule has 0 N–H and O–H groups in total. The minimum Gasteiger partial charge on any atom is -0.371 e. The highest BCUT2D eigenvalue weighted by molar-refractivity contribution is 6.31. The number of ketones is 1. The molecule has 0 saturated carbocycles. The lowest BCUT2D eigenvalue weighted by Gasteiger charge is -2.38. The summed E-state index contributed by atoms with van der Waals surface area (Å²) in [5.41, 5.74) is 0.373. The fraction of sp³-hybridized carbons (Fsp3) is 0.458. The van der Waals surface area contributed by atoms with Crippen molar-refractivity contribution < 1.29 is 18.0 Å². The topological polar surface area (TPSA) is 23.6 Å². The average Bonchev–Trinajstić information content (AvgIpc) is 3.29. The molecule has 2 aromatic rings. The number of carbonyl (C=O) groups excluding carboxylic acids is 1. The number of hydrogen-bond donors (Lipinski definition) is 0. The first kappa shape index (κ1) is 22.2. The van der Waals surface area contributed by atoms with Crippen LogP contribution in [0.4, 0.5) is 18.9 Å². The molecule has 0 amide bonds. The van der Waals surface area contributed by atoms with Crippen LogP contribution in [0.1, 0.15) is 47.2 Å². The maximum Gasteiger partial charge on any atom is 0.416 e. The Balaban J connectivity index is 1.55. The SMILES string of the molecule is O=C(Cc1ccccc1Cl)c1cc(N2CCC(N3CCCC3)CC2)cc(C(F)(F)F)c1. The molecule has 2 fully saturated rings. The van der Waals surface area contributed by atoms with Crippen molar-refractivity contribution in [3.8, 4) is 0 Å². The van der Waals surface area contributed by atoms with E-state index >= 15 is 0 Å². The number of piperidine rings is 1. The van der Waals surface area contributed by atoms with Crippen LogP contribution in [-0.2, 0) is 12.6 Å². The summed E-state index contributed by atoms with van der Waals surface area (Å²) < 4.78 is 40.7. The van der Waals surface area contributed by atoms with Gasteiger partial charge in [0.15, 0.2) is 5.78 Å². The van der Waals surface area contributed by atoms with E-state index in [0.717, 1.165) is 32.0 Å². The lowest BCUT2D eigenvalue weighted by Crippen LogP contribution is -2.44. The molecule has 0 bridgehead atoms. The molecule has 7 heteroatoms. The van der Waals surface area contributed by atoms with Crippen LogP contribution < -0.4 is 4.90 Å². The minimum absolute atomic E-state index is 0.0303. The molecule has 2 aliphatic rings. The second kappa shape index (κ2) is 9.21. The molecule has 3 nitrogen and oxygen atoms in total. The first-order valence-corrected chi connectivity index (χ1v) is 11.2. The molecule has 0 radical (unpaired) electrons. The Morgan fingerprint density at radius 1 is 1.00 bits per heavy atom. The van der Waals surface area contributed by atoms with Gasteiger partial charge in [-0.1, -0.05) is 29.8 Å². The molecule has 31 heavy (non-hydrogen) atoms. The molecule has 2 heterocycles. The van der Waals surface area contributed by atoms with Gasteiger partial charge in [0, 0.05) is 41.8 Å². The number of likely N-dealkylation sites (tertiary alicyclic amines) is 1. The quantitative estimate of drug-likeness (QED) is 0.534. The number of benzene rings is 2. The van der Waals surface area contributed by atoms with Gasteiger partial charge in [-0.2, -0.15) is 13.2 Å². The van der Waals surface area contributed by atoms with Gasteiger partial charge in [-0.15, -0.1) is 0 Å². The van der Waals surface area contributed by atoms with Crippen molar-refractivity contribution in [1.82, 2.24) is 4.90 Å². The summed E-state index contributed by atoms with van der Waals surface area (Å²) in [4.78, 5) is 17.3. The van der Waals surface area contributed by atoms with Crippen LogP contribution in [0.15, 0.2) is 42.5 Å². The number of carbonyl (C=O) groups is 1. The largest absolute Gasteiger partial charge is 0.416 e. The van der Waals surface area contributed by atoms with E-state index in [0.29, 0.717) is 35.4 Å². The predicted octanol–water partition coefficient (Wildman–Crippen LogP) is 5.85. The Kier molecular flexibility index (Phi) is 6.58. The molecule has 0 atom stereocenters. The highest BCUT2D eigenvalue weighted by Crippen LogP contribution is 2.35. The molecule has 0 unspecified atom stereocenters. The third-order valence-corrected chi connectivity index (χ3v) is 6.73. The van der Waals surface area contributed by atoms with Gasteiger partial charge >= 0.3 is 6.18 Å². The monoisotopic (exact) mass is 450 g/mol. The maximum atomic E-state index is 13.6. The molecule has 2 saturated heterocycles. The van der Waals surface area contributed by atoms with Crippen LogP contribution >= 0.6 is 11.6 Å². The second-order valence-corrected chi connectivity index (χ2v) is 8.83. The van der Waals surface area contributed by atoms with E-state index in [-0.39, 0.29) is 17.8 Å². The first-order chi connectivity index (χ1) is 14.8. The number of alkyl halides is 3. The van der Waals surface area contributed by atoms with Crippen molar-refractivity contribution in [2.75, 3.05) is 31.1 Å². The molecular formula is C24H26ClF3N2O. The highest BCUT2D eigenvalue weighted by atomic mass is 35.5. The maximum absolute atomic E-state index is 13.6. The van der Waals surface area contributed by atoms with Crippen LogP contribution in [0.25, 0.3) is 0 Å². The van der Waals surface area contributed by atoms with Crippen LogP contribution in [0.2, 0.25) is 5.02 Å².